The molecule has 2 amide bonds. The van der Waals surface area contributed by atoms with E-state index in [4.69, 9.17) is 0 Å². The van der Waals surface area contributed by atoms with Crippen molar-refractivity contribution in [2.24, 2.45) is 0 Å². The quantitative estimate of drug-likeness (QED) is 0.305. The summed E-state index contributed by atoms with van der Waals surface area (Å²) in [6.45, 7) is 9.06. The Labute approximate surface area is 240 Å². The molecule has 0 aliphatic rings. The molecular formula is C30H36BrN3O4S. The van der Waals surface area contributed by atoms with E-state index in [2.05, 4.69) is 21.2 Å². The highest BCUT2D eigenvalue weighted by atomic mass is 79.9. The Morgan fingerprint density at radius 3 is 2.13 bits per heavy atom. The third-order valence-electron chi connectivity index (χ3n) is 6.77. The summed E-state index contributed by atoms with van der Waals surface area (Å²) in [6.07, 6.45) is 0.746. The van der Waals surface area contributed by atoms with Crippen LogP contribution in [0.25, 0.3) is 0 Å². The molecule has 0 aliphatic carbocycles. The molecule has 3 aromatic carbocycles. The predicted molar refractivity (Wildman–Crippen MR) is 159 cm³/mol. The summed E-state index contributed by atoms with van der Waals surface area (Å²) in [5.74, 6) is -0.772. The van der Waals surface area contributed by atoms with E-state index in [9.17, 15) is 18.0 Å². The number of halogens is 1. The number of carbonyl (C=O) groups is 2. The minimum Gasteiger partial charge on any atom is -0.352 e. The number of hydrogen-bond donors (Lipinski definition) is 1. The predicted octanol–water partition coefficient (Wildman–Crippen LogP) is 5.59. The van der Waals surface area contributed by atoms with E-state index in [1.807, 2.05) is 52.0 Å². The first-order chi connectivity index (χ1) is 18.4. The fourth-order valence-corrected chi connectivity index (χ4v) is 5.67. The van der Waals surface area contributed by atoms with Crippen LogP contribution in [0.15, 0.2) is 82.2 Å². The van der Waals surface area contributed by atoms with E-state index in [0.29, 0.717) is 5.69 Å². The van der Waals surface area contributed by atoms with E-state index in [1.165, 1.54) is 17.0 Å². The Kier molecular flexibility index (Phi) is 10.3. The van der Waals surface area contributed by atoms with Crippen molar-refractivity contribution in [3.05, 3.63) is 94.0 Å². The second kappa shape index (κ2) is 13.3. The zero-order valence-electron chi connectivity index (χ0n) is 23.0. The molecule has 0 saturated heterocycles. The minimum absolute atomic E-state index is 0.0588. The Morgan fingerprint density at radius 1 is 0.923 bits per heavy atom. The molecule has 39 heavy (non-hydrogen) atoms. The Hall–Kier alpha value is -3.17. The molecule has 2 atom stereocenters. The lowest BCUT2D eigenvalue weighted by Gasteiger charge is -2.32. The van der Waals surface area contributed by atoms with Crippen LogP contribution in [0.4, 0.5) is 5.69 Å². The van der Waals surface area contributed by atoms with Gasteiger partial charge in [0, 0.05) is 17.1 Å². The van der Waals surface area contributed by atoms with Gasteiger partial charge in [-0.1, -0.05) is 64.8 Å². The number of benzene rings is 3. The second-order valence-corrected chi connectivity index (χ2v) is 12.5. The number of carbonyl (C=O) groups excluding carboxylic acids is 2. The van der Waals surface area contributed by atoms with Gasteiger partial charge in [-0.25, -0.2) is 8.42 Å². The summed E-state index contributed by atoms with van der Waals surface area (Å²) in [5.41, 5.74) is 3.12. The molecule has 0 saturated carbocycles. The minimum atomic E-state index is -4.09. The first kappa shape index (κ1) is 30.4. The largest absolute Gasteiger partial charge is 0.352 e. The summed E-state index contributed by atoms with van der Waals surface area (Å²) in [5, 5.41) is 2.95. The van der Waals surface area contributed by atoms with Crippen LogP contribution in [0.2, 0.25) is 0 Å². The highest BCUT2D eigenvalue weighted by molar-refractivity contribution is 9.10. The van der Waals surface area contributed by atoms with Crippen molar-refractivity contribution in [1.29, 1.82) is 0 Å². The normalized spacial score (nSPS) is 12.9. The van der Waals surface area contributed by atoms with Crippen LogP contribution in [-0.4, -0.2) is 43.8 Å². The molecule has 3 aromatic rings. The van der Waals surface area contributed by atoms with Crippen molar-refractivity contribution in [2.45, 2.75) is 64.6 Å². The zero-order chi connectivity index (χ0) is 28.7. The molecule has 7 nitrogen and oxygen atoms in total. The van der Waals surface area contributed by atoms with Crippen LogP contribution >= 0.6 is 15.9 Å². The van der Waals surface area contributed by atoms with Gasteiger partial charge in [0.2, 0.25) is 11.8 Å². The van der Waals surface area contributed by atoms with Crippen LogP contribution in [-0.2, 0) is 26.2 Å². The molecule has 1 N–H and O–H groups in total. The molecule has 0 radical (unpaired) electrons. The number of amides is 2. The van der Waals surface area contributed by atoms with Crippen LogP contribution in [0.1, 0.15) is 43.9 Å². The molecule has 9 heteroatoms. The summed E-state index contributed by atoms with van der Waals surface area (Å²) in [7, 11) is -4.09. The highest BCUT2D eigenvalue weighted by Gasteiger charge is 2.33. The molecule has 0 unspecified atom stereocenters. The van der Waals surface area contributed by atoms with Crippen molar-refractivity contribution >= 4 is 43.5 Å². The van der Waals surface area contributed by atoms with Crippen LogP contribution < -0.4 is 9.62 Å². The molecule has 0 fully saturated rings. The Balaban J connectivity index is 2.03. The van der Waals surface area contributed by atoms with Crippen molar-refractivity contribution < 1.29 is 18.0 Å². The van der Waals surface area contributed by atoms with Gasteiger partial charge in [-0.2, -0.15) is 0 Å². The van der Waals surface area contributed by atoms with Gasteiger partial charge in [-0.3, -0.25) is 13.9 Å². The number of nitrogens with zero attached hydrogens (tertiary/aromatic N) is 2. The van der Waals surface area contributed by atoms with E-state index < -0.39 is 28.5 Å². The van der Waals surface area contributed by atoms with Crippen molar-refractivity contribution in [1.82, 2.24) is 10.2 Å². The lowest BCUT2D eigenvalue weighted by atomic mass is 10.1. The third kappa shape index (κ3) is 7.70. The average molecular weight is 615 g/mol. The molecule has 0 heterocycles. The maximum atomic E-state index is 14.0. The Morgan fingerprint density at radius 2 is 1.54 bits per heavy atom. The maximum absolute atomic E-state index is 14.0. The number of sulfonamides is 1. The van der Waals surface area contributed by atoms with Gasteiger partial charge in [0.15, 0.2) is 0 Å². The summed E-state index contributed by atoms with van der Waals surface area (Å²) < 4.78 is 29.6. The van der Waals surface area contributed by atoms with E-state index in [0.717, 1.165) is 31.9 Å². The summed E-state index contributed by atoms with van der Waals surface area (Å²) >= 11 is 3.39. The fraction of sp³-hybridized carbons (Fsp3) is 0.333. The van der Waals surface area contributed by atoms with Crippen LogP contribution in [0, 0.1) is 13.8 Å². The van der Waals surface area contributed by atoms with Gasteiger partial charge in [-0.15, -0.1) is 0 Å². The number of anilines is 1. The SMILES string of the molecule is CC[C@@H](C)NC(=O)[C@@H](C)N(Cc1ccccc1C)C(=O)CN(c1ccc(Br)cc1)S(=O)(=O)c1ccc(C)cc1. The standard InChI is InChI=1S/C30H36BrN3O4S/c1-6-23(4)32-30(36)24(5)33(19-25-10-8-7-9-22(25)3)29(35)20-34(27-15-13-26(31)14-16-27)39(37,38)28-17-11-21(2)12-18-28/h7-18,23-24H,6,19-20H2,1-5H3,(H,32,36)/t23-,24-/m1/s1. The highest BCUT2D eigenvalue weighted by Crippen LogP contribution is 2.26. The fourth-order valence-electron chi connectivity index (χ4n) is 3.99. The second-order valence-electron chi connectivity index (χ2n) is 9.74. The van der Waals surface area contributed by atoms with Crippen molar-refractivity contribution in [2.75, 3.05) is 10.8 Å². The first-order valence-corrected chi connectivity index (χ1v) is 15.2. The summed E-state index contributed by atoms with van der Waals surface area (Å²) in [6, 6.07) is 20.0. The number of nitrogens with one attached hydrogen (secondary N) is 1. The number of rotatable bonds is 11. The molecule has 0 bridgehead atoms. The van der Waals surface area contributed by atoms with Crippen LogP contribution in [0.3, 0.4) is 0 Å². The Bertz CT molecular complexity index is 1390. The van der Waals surface area contributed by atoms with Crippen molar-refractivity contribution in [3.8, 4) is 0 Å². The maximum Gasteiger partial charge on any atom is 0.264 e. The number of hydrogen-bond acceptors (Lipinski definition) is 4. The van der Waals surface area contributed by atoms with E-state index in [1.54, 1.807) is 43.3 Å². The van der Waals surface area contributed by atoms with E-state index >= 15 is 0 Å². The smallest absolute Gasteiger partial charge is 0.264 e. The lowest BCUT2D eigenvalue weighted by molar-refractivity contribution is -0.139. The average Bonchev–Trinajstić information content (AvgIpc) is 2.91. The number of aryl methyl sites for hydroxylation is 2. The van der Waals surface area contributed by atoms with E-state index in [-0.39, 0.29) is 23.4 Å². The molecule has 0 spiro atoms. The topological polar surface area (TPSA) is 86.8 Å². The van der Waals surface area contributed by atoms with Gasteiger partial charge < -0.3 is 10.2 Å². The van der Waals surface area contributed by atoms with Gasteiger partial charge in [0.05, 0.1) is 10.6 Å². The lowest BCUT2D eigenvalue weighted by Crippen LogP contribution is -2.52. The van der Waals surface area contributed by atoms with Gasteiger partial charge in [-0.05, 0) is 81.6 Å². The third-order valence-corrected chi connectivity index (χ3v) is 9.09. The molecule has 208 valence electrons. The van der Waals surface area contributed by atoms with Gasteiger partial charge in [0.1, 0.15) is 12.6 Å². The summed E-state index contributed by atoms with van der Waals surface area (Å²) in [4.78, 5) is 28.6. The zero-order valence-corrected chi connectivity index (χ0v) is 25.4. The van der Waals surface area contributed by atoms with Crippen molar-refractivity contribution in [3.63, 3.8) is 0 Å². The molecule has 3 rings (SSSR count). The monoisotopic (exact) mass is 613 g/mol. The van der Waals surface area contributed by atoms with Gasteiger partial charge >= 0.3 is 0 Å². The first-order valence-electron chi connectivity index (χ1n) is 12.9. The van der Waals surface area contributed by atoms with Gasteiger partial charge in [0.25, 0.3) is 10.0 Å². The van der Waals surface area contributed by atoms with Crippen LogP contribution in [0.5, 0.6) is 0 Å². The molecule has 0 aliphatic heterocycles. The molecule has 0 aromatic heterocycles. The molecular weight excluding hydrogens is 578 g/mol.